The third-order valence-corrected chi connectivity index (χ3v) is 8.81. The Bertz CT molecular complexity index is 810. The predicted octanol–water partition coefficient (Wildman–Crippen LogP) is 4.86. The number of aliphatic hydroxyl groups is 2. The third kappa shape index (κ3) is 2.28. The molecule has 0 aliphatic heterocycles. The van der Waals surface area contributed by atoms with Crippen molar-refractivity contribution in [2.24, 2.45) is 34.5 Å². The summed E-state index contributed by atoms with van der Waals surface area (Å²) < 4.78 is 0. The number of aromatic amines is 1. The molecule has 2 saturated carbocycles. The number of nitrogens with zero attached hydrogens (tertiary/aromatic N) is 1. The number of aromatic nitrogens is 2. The van der Waals surface area contributed by atoms with Gasteiger partial charge < -0.3 is 15.2 Å². The highest BCUT2D eigenvalue weighted by molar-refractivity contribution is 5.70. The third-order valence-electron chi connectivity index (χ3n) is 8.81. The first-order valence-corrected chi connectivity index (χ1v) is 10.7. The minimum atomic E-state index is -0.162. The zero-order chi connectivity index (χ0) is 19.0. The first-order valence-electron chi connectivity index (χ1n) is 10.7. The fraction of sp³-hybridized carbons (Fsp3) is 0.696. The second-order valence-electron chi connectivity index (χ2n) is 10.1. The summed E-state index contributed by atoms with van der Waals surface area (Å²) in [5, 5.41) is 21.2. The van der Waals surface area contributed by atoms with E-state index in [1.165, 1.54) is 12.0 Å². The van der Waals surface area contributed by atoms with E-state index in [-0.39, 0.29) is 16.9 Å². The van der Waals surface area contributed by atoms with Crippen molar-refractivity contribution in [3.05, 3.63) is 35.6 Å². The summed E-state index contributed by atoms with van der Waals surface area (Å²) in [7, 11) is 0. The van der Waals surface area contributed by atoms with E-state index in [1.807, 2.05) is 6.20 Å². The molecule has 4 heteroatoms. The average Bonchev–Trinajstić information content (AvgIpc) is 3.21. The molecule has 0 radical (unpaired) electrons. The number of H-pyrrole nitrogens is 1. The van der Waals surface area contributed by atoms with E-state index in [2.05, 4.69) is 36.8 Å². The minimum Gasteiger partial charge on any atom is -0.512 e. The molecular formula is C23H32N2O2. The van der Waals surface area contributed by atoms with Crippen LogP contribution < -0.4 is 0 Å². The van der Waals surface area contributed by atoms with E-state index in [0.29, 0.717) is 29.4 Å². The Balaban J connectivity index is 1.55. The summed E-state index contributed by atoms with van der Waals surface area (Å²) in [6.07, 6.45) is 11.9. The molecular weight excluding hydrogens is 336 g/mol. The molecule has 1 aromatic rings. The molecule has 0 spiro atoms. The second kappa shape index (κ2) is 5.73. The highest BCUT2D eigenvalue weighted by Crippen LogP contribution is 2.67. The lowest BCUT2D eigenvalue weighted by Crippen LogP contribution is -2.52. The van der Waals surface area contributed by atoms with Crippen LogP contribution in [0.15, 0.2) is 29.8 Å². The first-order chi connectivity index (χ1) is 12.8. The van der Waals surface area contributed by atoms with Crippen molar-refractivity contribution in [2.45, 2.75) is 65.4 Å². The van der Waals surface area contributed by atoms with Gasteiger partial charge in [0.2, 0.25) is 0 Å². The quantitative estimate of drug-likeness (QED) is 0.620. The molecule has 0 bridgehead atoms. The summed E-state index contributed by atoms with van der Waals surface area (Å²) in [6, 6.07) is 0. The summed E-state index contributed by atoms with van der Waals surface area (Å²) in [4.78, 5) is 7.72. The molecule has 4 nitrogen and oxygen atoms in total. The SMILES string of the molecule is C[C@H]1C=C2C[C@@H](O)CC[C@]2(C)[C@H]2CC[C@]3(C)C(c4ncc[nH]4)=C(O)C[C@H]3[C@H]12. The van der Waals surface area contributed by atoms with Gasteiger partial charge in [0.15, 0.2) is 0 Å². The van der Waals surface area contributed by atoms with Gasteiger partial charge in [-0.3, -0.25) is 0 Å². The molecule has 3 N–H and O–H groups in total. The number of imidazole rings is 1. The van der Waals surface area contributed by atoms with Gasteiger partial charge in [0, 0.05) is 29.8 Å². The molecule has 1 aromatic heterocycles. The summed E-state index contributed by atoms with van der Waals surface area (Å²) >= 11 is 0. The smallest absolute Gasteiger partial charge is 0.137 e. The van der Waals surface area contributed by atoms with Crippen LogP contribution in [-0.2, 0) is 0 Å². The lowest BCUT2D eigenvalue weighted by Gasteiger charge is -2.59. The Hall–Kier alpha value is -1.55. The fourth-order valence-electron chi connectivity index (χ4n) is 7.46. The zero-order valence-corrected chi connectivity index (χ0v) is 16.7. The number of rotatable bonds is 1. The Morgan fingerprint density at radius 3 is 2.63 bits per heavy atom. The lowest BCUT2D eigenvalue weighted by molar-refractivity contribution is -0.0438. The predicted molar refractivity (Wildman–Crippen MR) is 106 cm³/mol. The van der Waals surface area contributed by atoms with Crippen molar-refractivity contribution in [1.82, 2.24) is 9.97 Å². The lowest BCUT2D eigenvalue weighted by atomic mass is 9.45. The molecule has 2 fully saturated rings. The van der Waals surface area contributed by atoms with Crippen LogP contribution in [0, 0.1) is 34.5 Å². The monoisotopic (exact) mass is 368 g/mol. The number of hydrogen-bond donors (Lipinski definition) is 3. The Kier molecular flexibility index (Phi) is 3.72. The van der Waals surface area contributed by atoms with Crippen LogP contribution in [0.5, 0.6) is 0 Å². The normalized spacial score (nSPS) is 46.5. The molecule has 4 aliphatic carbocycles. The van der Waals surface area contributed by atoms with Crippen molar-refractivity contribution < 1.29 is 10.2 Å². The molecule has 0 aromatic carbocycles. The Labute approximate surface area is 161 Å². The summed E-state index contributed by atoms with van der Waals surface area (Å²) in [5.74, 6) is 3.60. The van der Waals surface area contributed by atoms with Crippen LogP contribution >= 0.6 is 0 Å². The van der Waals surface area contributed by atoms with Crippen molar-refractivity contribution in [3.63, 3.8) is 0 Å². The number of hydrogen-bond acceptors (Lipinski definition) is 3. The highest BCUT2D eigenvalue weighted by Gasteiger charge is 2.60. The molecule has 7 atom stereocenters. The molecule has 0 saturated heterocycles. The van der Waals surface area contributed by atoms with Crippen molar-refractivity contribution in [3.8, 4) is 0 Å². The summed E-state index contributed by atoms with van der Waals surface area (Å²) in [5.41, 5.74) is 2.77. The maximum absolute atomic E-state index is 10.9. The van der Waals surface area contributed by atoms with E-state index in [1.54, 1.807) is 6.20 Å². The van der Waals surface area contributed by atoms with Crippen LogP contribution in [0.1, 0.15) is 65.1 Å². The van der Waals surface area contributed by atoms with E-state index in [0.717, 1.165) is 43.5 Å². The molecule has 4 aliphatic rings. The van der Waals surface area contributed by atoms with Crippen LogP contribution in [0.3, 0.4) is 0 Å². The first kappa shape index (κ1) is 17.5. The number of allylic oxidation sites excluding steroid dienone is 3. The van der Waals surface area contributed by atoms with Crippen LogP contribution in [-0.4, -0.2) is 26.3 Å². The zero-order valence-electron chi connectivity index (χ0n) is 16.7. The van der Waals surface area contributed by atoms with Crippen LogP contribution in [0.25, 0.3) is 5.57 Å². The van der Waals surface area contributed by atoms with Gasteiger partial charge in [0.1, 0.15) is 5.82 Å². The van der Waals surface area contributed by atoms with E-state index in [9.17, 15) is 10.2 Å². The number of aliphatic hydroxyl groups excluding tert-OH is 2. The maximum atomic E-state index is 10.9. The van der Waals surface area contributed by atoms with Crippen molar-refractivity contribution >= 4 is 5.57 Å². The van der Waals surface area contributed by atoms with Gasteiger partial charge in [-0.1, -0.05) is 32.4 Å². The van der Waals surface area contributed by atoms with Crippen molar-refractivity contribution in [1.29, 1.82) is 0 Å². The number of fused-ring (bicyclic) bond motifs is 5. The summed E-state index contributed by atoms with van der Waals surface area (Å²) in [6.45, 7) is 7.17. The standard InChI is InChI=1S/C23H32N2O2/c1-13-10-14-11-15(26)4-6-22(14,2)16-5-7-23(3)17(19(13)16)12-18(27)20(23)21-24-8-9-25-21/h8-10,13,15-17,19,26-27H,4-7,11-12H2,1-3H3,(H,24,25)/t13-,15-,16-,17-,19+,22-,23-/m0/s1. The van der Waals surface area contributed by atoms with E-state index >= 15 is 0 Å². The van der Waals surface area contributed by atoms with E-state index in [4.69, 9.17) is 0 Å². The molecule has 146 valence electrons. The van der Waals surface area contributed by atoms with Crippen LogP contribution in [0.2, 0.25) is 0 Å². The minimum absolute atomic E-state index is 0.00670. The molecule has 0 unspecified atom stereocenters. The molecule has 1 heterocycles. The van der Waals surface area contributed by atoms with Gasteiger partial charge >= 0.3 is 0 Å². The average molecular weight is 369 g/mol. The topological polar surface area (TPSA) is 69.1 Å². The fourth-order valence-corrected chi connectivity index (χ4v) is 7.46. The highest BCUT2D eigenvalue weighted by atomic mass is 16.3. The molecule has 5 rings (SSSR count). The van der Waals surface area contributed by atoms with Gasteiger partial charge in [0.05, 0.1) is 11.9 Å². The molecule has 27 heavy (non-hydrogen) atoms. The van der Waals surface area contributed by atoms with E-state index < -0.39 is 0 Å². The van der Waals surface area contributed by atoms with Gasteiger partial charge in [-0.15, -0.1) is 0 Å². The Morgan fingerprint density at radius 2 is 1.89 bits per heavy atom. The number of nitrogens with one attached hydrogen (secondary N) is 1. The van der Waals surface area contributed by atoms with Gasteiger partial charge in [-0.05, 0) is 61.2 Å². The van der Waals surface area contributed by atoms with Gasteiger partial charge in [0.25, 0.3) is 0 Å². The van der Waals surface area contributed by atoms with Gasteiger partial charge in [-0.2, -0.15) is 0 Å². The second-order valence-corrected chi connectivity index (χ2v) is 10.1. The van der Waals surface area contributed by atoms with Crippen molar-refractivity contribution in [2.75, 3.05) is 0 Å². The largest absolute Gasteiger partial charge is 0.512 e. The maximum Gasteiger partial charge on any atom is 0.137 e. The Morgan fingerprint density at radius 1 is 1.11 bits per heavy atom. The van der Waals surface area contributed by atoms with Crippen LogP contribution in [0.4, 0.5) is 0 Å². The molecule has 0 amide bonds. The van der Waals surface area contributed by atoms with Gasteiger partial charge in [-0.25, -0.2) is 4.98 Å².